The van der Waals surface area contributed by atoms with E-state index in [9.17, 15) is 24.4 Å². The molecular weight excluding hydrogens is 277 g/mol. The van der Waals surface area contributed by atoms with E-state index in [2.05, 4.69) is 0 Å². The lowest BCUT2D eigenvalue weighted by Gasteiger charge is -2.24. The summed E-state index contributed by atoms with van der Waals surface area (Å²) in [7, 11) is 0. The van der Waals surface area contributed by atoms with Crippen LogP contribution in [0.1, 0.15) is 38.2 Å². The van der Waals surface area contributed by atoms with E-state index in [4.69, 9.17) is 0 Å². The Balaban J connectivity index is 2.33. The third kappa shape index (κ3) is 2.89. The molecule has 0 aromatic heterocycles. The summed E-state index contributed by atoms with van der Waals surface area (Å²) in [6.45, 7) is 2.01. The Hall–Kier alpha value is -1.98. The summed E-state index contributed by atoms with van der Waals surface area (Å²) < 4.78 is 14.2. The maximum atomic E-state index is 14.2. The van der Waals surface area contributed by atoms with Crippen molar-refractivity contribution in [3.05, 3.63) is 39.7 Å². The van der Waals surface area contributed by atoms with Crippen molar-refractivity contribution in [3.8, 4) is 0 Å². The third-order valence-electron chi connectivity index (χ3n) is 4.53. The molecule has 0 saturated heterocycles. The number of carboxylic acid groups (broad SMARTS) is 1. The number of halogens is 1. The first-order chi connectivity index (χ1) is 9.89. The van der Waals surface area contributed by atoms with Gasteiger partial charge in [0.2, 0.25) is 5.82 Å². The van der Waals surface area contributed by atoms with E-state index in [0.29, 0.717) is 18.8 Å². The number of carboxylic acids is 1. The van der Waals surface area contributed by atoms with Crippen LogP contribution in [-0.4, -0.2) is 16.0 Å². The molecule has 1 aliphatic carbocycles. The zero-order valence-electron chi connectivity index (χ0n) is 11.8. The average molecular weight is 295 g/mol. The second-order valence-corrected chi connectivity index (χ2v) is 5.79. The number of hydrogen-bond acceptors (Lipinski definition) is 3. The van der Waals surface area contributed by atoms with Gasteiger partial charge in [-0.3, -0.25) is 14.9 Å². The van der Waals surface area contributed by atoms with Crippen LogP contribution in [0.4, 0.5) is 10.1 Å². The molecule has 2 atom stereocenters. The van der Waals surface area contributed by atoms with Crippen molar-refractivity contribution in [2.24, 2.45) is 11.3 Å². The molecule has 0 aliphatic heterocycles. The van der Waals surface area contributed by atoms with Crippen molar-refractivity contribution in [2.45, 2.75) is 39.0 Å². The fraction of sp³-hybridized carbons (Fsp3) is 0.533. The van der Waals surface area contributed by atoms with Crippen molar-refractivity contribution in [2.75, 3.05) is 0 Å². The summed E-state index contributed by atoms with van der Waals surface area (Å²) in [6.07, 6.45) is 2.70. The number of nitro groups is 1. The molecule has 1 fully saturated rings. The number of hydrogen-bond donors (Lipinski definition) is 1. The maximum Gasteiger partial charge on any atom is 0.309 e. The minimum atomic E-state index is -1.00. The van der Waals surface area contributed by atoms with Gasteiger partial charge in [-0.05, 0) is 37.2 Å². The molecule has 0 amide bonds. The van der Waals surface area contributed by atoms with Crippen LogP contribution in [-0.2, 0) is 11.2 Å². The predicted octanol–water partition coefficient (Wildman–Crippen LogP) is 3.56. The number of carbonyl (C=O) groups is 1. The fourth-order valence-corrected chi connectivity index (χ4v) is 3.22. The van der Waals surface area contributed by atoms with Crippen LogP contribution < -0.4 is 0 Å². The van der Waals surface area contributed by atoms with Gasteiger partial charge in [-0.15, -0.1) is 0 Å². The molecule has 21 heavy (non-hydrogen) atoms. The van der Waals surface area contributed by atoms with Crippen molar-refractivity contribution in [3.63, 3.8) is 0 Å². The highest BCUT2D eigenvalue weighted by molar-refractivity contribution is 5.75. The molecule has 1 saturated carbocycles. The first-order valence-corrected chi connectivity index (χ1v) is 7.05. The molecule has 2 unspecified atom stereocenters. The lowest BCUT2D eigenvalue weighted by molar-refractivity contribution is -0.387. The summed E-state index contributed by atoms with van der Waals surface area (Å²) in [4.78, 5) is 21.7. The topological polar surface area (TPSA) is 80.4 Å². The number of nitrogens with zero attached hydrogens (tertiary/aromatic N) is 1. The number of rotatable bonds is 5. The Bertz CT molecular complexity index is 575. The first kappa shape index (κ1) is 15.4. The summed E-state index contributed by atoms with van der Waals surface area (Å²) in [6, 6.07) is 3.93. The van der Waals surface area contributed by atoms with Crippen LogP contribution in [0.25, 0.3) is 0 Å². The van der Waals surface area contributed by atoms with Gasteiger partial charge in [0.15, 0.2) is 0 Å². The minimum absolute atomic E-state index is 0.00630. The predicted molar refractivity (Wildman–Crippen MR) is 74.5 cm³/mol. The van der Waals surface area contributed by atoms with E-state index in [1.807, 2.05) is 6.92 Å². The van der Waals surface area contributed by atoms with Gasteiger partial charge in [0.05, 0.1) is 10.3 Å². The van der Waals surface area contributed by atoms with Crippen LogP contribution in [0.3, 0.4) is 0 Å². The van der Waals surface area contributed by atoms with E-state index >= 15 is 0 Å². The Morgan fingerprint density at radius 3 is 2.81 bits per heavy atom. The average Bonchev–Trinajstić information content (AvgIpc) is 2.85. The van der Waals surface area contributed by atoms with Gasteiger partial charge in [-0.2, -0.15) is 4.39 Å². The van der Waals surface area contributed by atoms with Crippen LogP contribution >= 0.6 is 0 Å². The Morgan fingerprint density at radius 1 is 1.57 bits per heavy atom. The highest BCUT2D eigenvalue weighted by Gasteiger charge is 2.45. The highest BCUT2D eigenvalue weighted by Crippen LogP contribution is 2.46. The van der Waals surface area contributed by atoms with Gasteiger partial charge >= 0.3 is 11.7 Å². The van der Waals surface area contributed by atoms with Crippen molar-refractivity contribution >= 4 is 11.7 Å². The zero-order chi connectivity index (χ0) is 15.6. The van der Waals surface area contributed by atoms with Gasteiger partial charge in [0, 0.05) is 6.07 Å². The molecule has 0 spiro atoms. The van der Waals surface area contributed by atoms with Crippen LogP contribution in [0.5, 0.6) is 0 Å². The zero-order valence-corrected chi connectivity index (χ0v) is 11.8. The normalized spacial score (nSPS) is 25.0. The van der Waals surface area contributed by atoms with Gasteiger partial charge < -0.3 is 5.11 Å². The molecule has 6 heteroatoms. The monoisotopic (exact) mass is 295 g/mol. The van der Waals surface area contributed by atoms with E-state index in [1.54, 1.807) is 0 Å². The largest absolute Gasteiger partial charge is 0.481 e. The van der Waals surface area contributed by atoms with E-state index in [1.165, 1.54) is 12.1 Å². The van der Waals surface area contributed by atoms with Crippen LogP contribution in [0, 0.1) is 27.3 Å². The lowest BCUT2D eigenvalue weighted by atomic mass is 9.79. The molecule has 0 heterocycles. The first-order valence-electron chi connectivity index (χ1n) is 7.05. The summed E-state index contributed by atoms with van der Waals surface area (Å²) in [5.74, 6) is -1.53. The van der Waals surface area contributed by atoms with E-state index in [0.717, 1.165) is 18.9 Å². The minimum Gasteiger partial charge on any atom is -0.481 e. The molecular formula is C15H18FNO4. The molecule has 0 bridgehead atoms. The lowest BCUT2D eigenvalue weighted by Crippen LogP contribution is -2.31. The van der Waals surface area contributed by atoms with E-state index < -0.39 is 27.8 Å². The van der Waals surface area contributed by atoms with Gasteiger partial charge in [-0.1, -0.05) is 25.5 Å². The Morgan fingerprint density at radius 2 is 2.29 bits per heavy atom. The fourth-order valence-electron chi connectivity index (χ4n) is 3.22. The number of aliphatic carboxylic acids is 1. The molecule has 1 aromatic carbocycles. The van der Waals surface area contributed by atoms with E-state index in [-0.39, 0.29) is 12.0 Å². The molecule has 1 aliphatic rings. The summed E-state index contributed by atoms with van der Waals surface area (Å²) >= 11 is 0. The van der Waals surface area contributed by atoms with Gasteiger partial charge in [0.25, 0.3) is 0 Å². The Kier molecular flexibility index (Phi) is 4.25. The van der Waals surface area contributed by atoms with Crippen molar-refractivity contribution in [1.82, 2.24) is 0 Å². The smallest absolute Gasteiger partial charge is 0.309 e. The van der Waals surface area contributed by atoms with Gasteiger partial charge in [0.1, 0.15) is 0 Å². The molecule has 0 radical (unpaired) electrons. The molecule has 2 rings (SSSR count). The molecule has 114 valence electrons. The number of benzene rings is 1. The Labute approximate surface area is 121 Å². The second kappa shape index (κ2) is 5.79. The molecule has 5 nitrogen and oxygen atoms in total. The quantitative estimate of drug-likeness (QED) is 0.665. The molecule has 1 N–H and O–H groups in total. The summed E-state index contributed by atoms with van der Waals surface area (Å²) in [5.41, 5.74) is -1.49. The van der Waals surface area contributed by atoms with Crippen LogP contribution in [0.2, 0.25) is 0 Å². The third-order valence-corrected chi connectivity index (χ3v) is 4.53. The highest BCUT2D eigenvalue weighted by atomic mass is 19.1. The molecule has 1 aromatic rings. The summed E-state index contributed by atoms with van der Waals surface area (Å²) in [5, 5.41) is 20.3. The second-order valence-electron chi connectivity index (χ2n) is 5.79. The number of nitro benzene ring substituents is 1. The standard InChI is InChI=1S/C15H18FNO4/c1-2-10-6-7-15(8-10,14(18)19)9-11-4-3-5-12(13(11)16)17(20)21/h3-5,10H,2,6-9H2,1H3,(H,18,19). The SMILES string of the molecule is CCC1CCC(Cc2cccc([N+](=O)[O-])c2F)(C(=O)O)C1. The maximum absolute atomic E-state index is 14.2. The van der Waals surface area contributed by atoms with Crippen LogP contribution in [0.15, 0.2) is 18.2 Å². The van der Waals surface area contributed by atoms with Crippen molar-refractivity contribution in [1.29, 1.82) is 0 Å². The van der Waals surface area contributed by atoms with Gasteiger partial charge in [-0.25, -0.2) is 0 Å². The van der Waals surface area contributed by atoms with Crippen molar-refractivity contribution < 1.29 is 19.2 Å².